The van der Waals surface area contributed by atoms with Gasteiger partial charge in [-0.15, -0.1) is 0 Å². The Balaban J connectivity index is 1.60. The molecule has 0 radical (unpaired) electrons. The van der Waals surface area contributed by atoms with Crippen LogP contribution < -0.4 is 10.6 Å². The Morgan fingerprint density at radius 3 is 2.42 bits per heavy atom. The largest absolute Gasteiger partial charge is 0.445 e. The zero-order chi connectivity index (χ0) is 21.8. The van der Waals surface area contributed by atoms with E-state index in [1.54, 1.807) is 6.07 Å². The van der Waals surface area contributed by atoms with Crippen molar-refractivity contribution in [3.63, 3.8) is 0 Å². The minimum atomic E-state index is -0.563. The molecule has 0 saturated heterocycles. The average Bonchev–Trinajstić information content (AvgIpc) is 2.80. The highest BCUT2D eigenvalue weighted by Gasteiger charge is 2.36. The van der Waals surface area contributed by atoms with Gasteiger partial charge in [-0.1, -0.05) is 67.6 Å². The van der Waals surface area contributed by atoms with E-state index < -0.39 is 17.1 Å². The van der Waals surface area contributed by atoms with Gasteiger partial charge in [0.2, 0.25) is 0 Å². The summed E-state index contributed by atoms with van der Waals surface area (Å²) < 4.78 is 5.41. The molecule has 31 heavy (non-hydrogen) atoms. The van der Waals surface area contributed by atoms with Gasteiger partial charge in [0, 0.05) is 29.3 Å². The molecule has 3 aromatic carbocycles. The lowest BCUT2D eigenvalue weighted by atomic mass is 9.80. The maximum absolute atomic E-state index is 12.6. The van der Waals surface area contributed by atoms with Crippen LogP contribution in [0.1, 0.15) is 35.7 Å². The zero-order valence-corrected chi connectivity index (χ0v) is 17.0. The Bertz CT molecular complexity index is 1070. The molecule has 0 bridgehead atoms. The first-order chi connectivity index (χ1) is 15.0. The SMILES string of the molecule is C[C@@H]1[C@@H](c2ccccc2)Nc2ccc([N+](=O)[O-])cc2[C@H]1NC(=O)OCc1ccccc1. The molecular formula is C24H23N3O4. The molecule has 1 amide bonds. The van der Waals surface area contributed by atoms with E-state index in [0.29, 0.717) is 5.56 Å². The number of carbonyl (C=O) groups is 1. The van der Waals surface area contributed by atoms with Crippen molar-refractivity contribution in [2.75, 3.05) is 5.32 Å². The van der Waals surface area contributed by atoms with Crippen LogP contribution in [0.3, 0.4) is 0 Å². The fourth-order valence-corrected chi connectivity index (χ4v) is 3.98. The van der Waals surface area contributed by atoms with E-state index in [1.807, 2.05) is 67.6 Å². The van der Waals surface area contributed by atoms with Crippen molar-refractivity contribution in [1.82, 2.24) is 5.32 Å². The second-order valence-electron chi connectivity index (χ2n) is 7.60. The number of amides is 1. The highest BCUT2D eigenvalue weighted by Crippen LogP contribution is 2.44. The molecule has 0 aliphatic carbocycles. The number of benzene rings is 3. The number of nitro groups is 1. The quantitative estimate of drug-likeness (QED) is 0.430. The lowest BCUT2D eigenvalue weighted by molar-refractivity contribution is -0.384. The molecule has 3 aromatic rings. The van der Waals surface area contributed by atoms with Crippen molar-refractivity contribution in [2.24, 2.45) is 5.92 Å². The second kappa shape index (κ2) is 8.87. The van der Waals surface area contributed by atoms with E-state index in [4.69, 9.17) is 4.74 Å². The molecule has 4 rings (SSSR count). The molecule has 0 spiro atoms. The topological polar surface area (TPSA) is 93.5 Å². The van der Waals surface area contributed by atoms with Crippen molar-refractivity contribution >= 4 is 17.5 Å². The Kier molecular flexibility index (Phi) is 5.84. The number of nitrogens with zero attached hydrogens (tertiary/aromatic N) is 1. The van der Waals surface area contributed by atoms with Gasteiger partial charge in [-0.05, 0) is 17.2 Å². The molecule has 1 aliphatic rings. The summed E-state index contributed by atoms with van der Waals surface area (Å²) in [5, 5.41) is 17.7. The highest BCUT2D eigenvalue weighted by atomic mass is 16.6. The van der Waals surface area contributed by atoms with Gasteiger partial charge >= 0.3 is 6.09 Å². The molecule has 2 N–H and O–H groups in total. The summed E-state index contributed by atoms with van der Waals surface area (Å²) in [7, 11) is 0. The Labute approximate surface area is 180 Å². The van der Waals surface area contributed by atoms with Crippen LogP contribution >= 0.6 is 0 Å². The van der Waals surface area contributed by atoms with E-state index in [2.05, 4.69) is 10.6 Å². The molecule has 3 atom stereocenters. The van der Waals surface area contributed by atoms with E-state index >= 15 is 0 Å². The number of nitro benzene ring substituents is 1. The van der Waals surface area contributed by atoms with Crippen LogP contribution in [0.25, 0.3) is 0 Å². The maximum atomic E-state index is 12.6. The Morgan fingerprint density at radius 1 is 1.06 bits per heavy atom. The van der Waals surface area contributed by atoms with Crippen LogP contribution in [0.2, 0.25) is 0 Å². The number of anilines is 1. The van der Waals surface area contributed by atoms with E-state index in [0.717, 1.165) is 16.8 Å². The van der Waals surface area contributed by atoms with Crippen molar-refractivity contribution in [2.45, 2.75) is 25.6 Å². The van der Waals surface area contributed by atoms with Gasteiger partial charge in [0.05, 0.1) is 17.0 Å². The summed E-state index contributed by atoms with van der Waals surface area (Å²) in [6, 6.07) is 23.5. The van der Waals surface area contributed by atoms with Gasteiger partial charge in [0.15, 0.2) is 0 Å². The van der Waals surface area contributed by atoms with Crippen LogP contribution in [0.4, 0.5) is 16.2 Å². The van der Waals surface area contributed by atoms with E-state index in [9.17, 15) is 14.9 Å². The van der Waals surface area contributed by atoms with Crippen LogP contribution in [-0.2, 0) is 11.3 Å². The van der Waals surface area contributed by atoms with E-state index in [1.165, 1.54) is 12.1 Å². The summed E-state index contributed by atoms with van der Waals surface area (Å²) in [4.78, 5) is 23.5. The fraction of sp³-hybridized carbons (Fsp3) is 0.208. The minimum absolute atomic E-state index is 0.0182. The highest BCUT2D eigenvalue weighted by molar-refractivity contribution is 5.70. The molecule has 7 heteroatoms. The number of hydrogen-bond acceptors (Lipinski definition) is 5. The van der Waals surface area contributed by atoms with Crippen LogP contribution in [0.15, 0.2) is 78.9 Å². The third-order valence-corrected chi connectivity index (χ3v) is 5.59. The number of alkyl carbamates (subject to hydrolysis) is 1. The first kappa shape index (κ1) is 20.4. The molecule has 7 nitrogen and oxygen atoms in total. The lowest BCUT2D eigenvalue weighted by Crippen LogP contribution is -2.40. The van der Waals surface area contributed by atoms with Gasteiger partial charge in [-0.25, -0.2) is 4.79 Å². The Hall–Kier alpha value is -3.87. The normalized spacial score (nSPS) is 19.6. The number of hydrogen-bond donors (Lipinski definition) is 2. The van der Waals surface area contributed by atoms with Gasteiger partial charge < -0.3 is 15.4 Å². The van der Waals surface area contributed by atoms with Crippen molar-refractivity contribution in [1.29, 1.82) is 0 Å². The number of nitrogens with one attached hydrogen (secondary N) is 2. The third kappa shape index (κ3) is 4.50. The summed E-state index contributed by atoms with van der Waals surface area (Å²) in [6.07, 6.45) is -0.563. The number of rotatable bonds is 5. The molecule has 1 aliphatic heterocycles. The van der Waals surface area contributed by atoms with Gasteiger partial charge in [-0.3, -0.25) is 10.1 Å². The fourth-order valence-electron chi connectivity index (χ4n) is 3.98. The predicted octanol–water partition coefficient (Wildman–Crippen LogP) is 5.37. The molecule has 0 aromatic heterocycles. The summed E-state index contributed by atoms with van der Waals surface area (Å²) in [5.74, 6) is -0.0822. The van der Waals surface area contributed by atoms with Crippen molar-refractivity contribution in [3.8, 4) is 0 Å². The summed E-state index contributed by atoms with van der Waals surface area (Å²) in [5.41, 5.74) is 3.37. The molecular weight excluding hydrogens is 394 g/mol. The standard InChI is InChI=1S/C24H23N3O4/c1-16-22(18-10-6-3-7-11-18)25-21-13-12-19(27(29)30)14-20(21)23(16)26-24(28)31-15-17-8-4-2-5-9-17/h2-14,16,22-23,25H,15H2,1H3,(H,26,28)/t16-,22+,23+/m1/s1. The monoisotopic (exact) mass is 417 g/mol. The zero-order valence-electron chi connectivity index (χ0n) is 17.0. The lowest BCUT2D eigenvalue weighted by Gasteiger charge is -2.39. The number of non-ortho nitro benzene ring substituents is 1. The Morgan fingerprint density at radius 2 is 1.74 bits per heavy atom. The average molecular weight is 417 g/mol. The molecule has 1 heterocycles. The van der Waals surface area contributed by atoms with Gasteiger partial charge in [-0.2, -0.15) is 0 Å². The number of fused-ring (bicyclic) bond motifs is 1. The molecule has 0 saturated carbocycles. The summed E-state index contributed by atoms with van der Waals surface area (Å²) in [6.45, 7) is 2.16. The van der Waals surface area contributed by atoms with Crippen LogP contribution in [0, 0.1) is 16.0 Å². The maximum Gasteiger partial charge on any atom is 0.407 e. The first-order valence-corrected chi connectivity index (χ1v) is 10.1. The summed E-state index contributed by atoms with van der Waals surface area (Å²) >= 11 is 0. The second-order valence-corrected chi connectivity index (χ2v) is 7.60. The van der Waals surface area contributed by atoms with Crippen molar-refractivity contribution < 1.29 is 14.5 Å². The third-order valence-electron chi connectivity index (χ3n) is 5.59. The van der Waals surface area contributed by atoms with Gasteiger partial charge in [0.25, 0.3) is 5.69 Å². The first-order valence-electron chi connectivity index (χ1n) is 10.1. The predicted molar refractivity (Wildman–Crippen MR) is 118 cm³/mol. The number of ether oxygens (including phenoxy) is 1. The van der Waals surface area contributed by atoms with Gasteiger partial charge in [0.1, 0.15) is 6.61 Å². The van der Waals surface area contributed by atoms with E-state index in [-0.39, 0.29) is 24.3 Å². The smallest absolute Gasteiger partial charge is 0.407 e. The molecule has 0 fully saturated rings. The minimum Gasteiger partial charge on any atom is -0.445 e. The van der Waals surface area contributed by atoms with Crippen LogP contribution in [0.5, 0.6) is 0 Å². The number of carbonyl (C=O) groups excluding carboxylic acids is 1. The van der Waals surface area contributed by atoms with Crippen LogP contribution in [-0.4, -0.2) is 11.0 Å². The molecule has 0 unspecified atom stereocenters. The van der Waals surface area contributed by atoms with Crippen molar-refractivity contribution in [3.05, 3.63) is 106 Å². The molecule has 158 valence electrons.